The molecule has 1 spiro atoms. The molecule has 3 aromatic rings. The quantitative estimate of drug-likeness (QED) is 0.413. The minimum atomic E-state index is -4.16. The number of aromatic nitrogens is 4. The molecule has 2 bridgehead atoms. The first-order valence-corrected chi connectivity index (χ1v) is 20.1. The van der Waals surface area contributed by atoms with Crippen LogP contribution < -0.4 is 14.4 Å². The summed E-state index contributed by atoms with van der Waals surface area (Å²) >= 11 is 6.45. The number of nitrogens with zero attached hydrogens (tertiary/aromatic N) is 7. The van der Waals surface area contributed by atoms with E-state index in [9.17, 15) is 18.0 Å². The first kappa shape index (κ1) is 37.2. The Balaban J connectivity index is 1.32. The number of sulfonamides is 1. The maximum absolute atomic E-state index is 16.7. The third-order valence-corrected chi connectivity index (χ3v) is 13.6. The van der Waals surface area contributed by atoms with E-state index in [1.54, 1.807) is 39.2 Å². The number of tetrazole rings is 1. The van der Waals surface area contributed by atoms with Gasteiger partial charge in [0.25, 0.3) is 5.91 Å². The molecule has 1 fully saturated rings. The van der Waals surface area contributed by atoms with E-state index >= 15 is 4.39 Å². The maximum Gasteiger partial charge on any atom is 0.264 e. The molecule has 1 aliphatic carbocycles. The van der Waals surface area contributed by atoms with Crippen molar-refractivity contribution in [1.29, 1.82) is 0 Å². The average Bonchev–Trinajstić information content (AvgIpc) is 3.72. The summed E-state index contributed by atoms with van der Waals surface area (Å²) in [4.78, 5) is 34.8. The van der Waals surface area contributed by atoms with E-state index in [1.807, 2.05) is 17.0 Å². The Morgan fingerprint density at radius 2 is 2.00 bits per heavy atom. The van der Waals surface area contributed by atoms with Gasteiger partial charge < -0.3 is 14.5 Å². The topological polar surface area (TPSA) is 143 Å². The molecule has 0 saturated carbocycles. The van der Waals surface area contributed by atoms with Gasteiger partial charge in [-0.2, -0.15) is 4.80 Å². The lowest BCUT2D eigenvalue weighted by Gasteiger charge is -2.42. The molecule has 5 atom stereocenters. The van der Waals surface area contributed by atoms with Gasteiger partial charge in [-0.3, -0.25) is 14.5 Å². The number of carbonyl (C=O) groups is 2. The summed E-state index contributed by atoms with van der Waals surface area (Å²) in [7, 11) is -0.935. The molecule has 7 rings (SSSR count). The van der Waals surface area contributed by atoms with Crippen molar-refractivity contribution in [3.8, 4) is 5.75 Å². The number of likely N-dealkylation sites (N-methyl/N-ethyl adjacent to an activating group) is 1. The Morgan fingerprint density at radius 1 is 1.19 bits per heavy atom. The van der Waals surface area contributed by atoms with Crippen LogP contribution in [0.4, 0.5) is 10.1 Å². The standard InChI is InChI=1S/C37H46ClFN8O5S/c1-23-9-13-30(39)34(36(49)44(3)20-33-40-43-45(4)41-33)47-16-6-8-28(47)19-46-21-37(15-5-7-25-17-27(38)11-12-29(25)37)22-52-32-14-10-26(18-31(32)46)35(48)42-53(50,51)24(23)2/h10-14,17-18,23-24,28,34H,5-9,15-16,19-22H2,1-4H3,(H,42,48)/b30-13-/t23-,24+,28-,34+,37-/m0/s1. The number of amides is 2. The molecule has 13 nitrogen and oxygen atoms in total. The highest BCUT2D eigenvalue weighted by Crippen LogP contribution is 2.45. The summed E-state index contributed by atoms with van der Waals surface area (Å²) in [6, 6.07) is 9.50. The van der Waals surface area contributed by atoms with Crippen LogP contribution in [0.25, 0.3) is 0 Å². The van der Waals surface area contributed by atoms with Crippen LogP contribution in [0.1, 0.15) is 73.3 Å². The Hall–Kier alpha value is -4.08. The van der Waals surface area contributed by atoms with Gasteiger partial charge in [-0.25, -0.2) is 17.5 Å². The summed E-state index contributed by atoms with van der Waals surface area (Å²) in [5.41, 5.74) is 2.72. The Bertz CT molecular complexity index is 2040. The van der Waals surface area contributed by atoms with Crippen LogP contribution in [0.5, 0.6) is 5.75 Å². The fourth-order valence-corrected chi connectivity index (χ4v) is 9.88. The van der Waals surface area contributed by atoms with Crippen molar-refractivity contribution in [2.24, 2.45) is 13.0 Å². The van der Waals surface area contributed by atoms with Gasteiger partial charge in [-0.05, 0) is 105 Å². The van der Waals surface area contributed by atoms with Gasteiger partial charge in [0.2, 0.25) is 15.9 Å². The highest BCUT2D eigenvalue weighted by atomic mass is 35.5. The number of hydrogen-bond donors (Lipinski definition) is 1. The monoisotopic (exact) mass is 768 g/mol. The molecule has 16 heteroatoms. The van der Waals surface area contributed by atoms with E-state index in [2.05, 4.69) is 31.1 Å². The zero-order valence-electron chi connectivity index (χ0n) is 30.5. The molecular formula is C37H46ClFN8O5S. The van der Waals surface area contributed by atoms with Crippen molar-refractivity contribution in [2.45, 2.75) is 81.7 Å². The SMILES string of the molecule is C[C@@H]1[C@@H](C)C/C=C(\F)[C@H](C(=O)N(C)Cc2nnn(C)n2)N2CCC[C@H]2CN2C[C@@]3(CCCc4cc(Cl)ccc43)COc3ccc(cc32)C(=O)NS1(=O)=O. The van der Waals surface area contributed by atoms with Gasteiger partial charge in [0.15, 0.2) is 5.82 Å². The molecule has 2 aromatic carbocycles. The second-order valence-corrected chi connectivity index (χ2v) is 17.6. The number of hydrogen-bond acceptors (Lipinski definition) is 10. The van der Waals surface area contributed by atoms with Crippen molar-refractivity contribution in [2.75, 3.05) is 38.2 Å². The Labute approximate surface area is 314 Å². The third-order valence-electron chi connectivity index (χ3n) is 11.5. The summed E-state index contributed by atoms with van der Waals surface area (Å²) in [5.74, 6) is -1.55. The number of aryl methyl sites for hydroxylation is 2. The van der Waals surface area contributed by atoms with Crippen molar-refractivity contribution >= 4 is 39.1 Å². The lowest BCUT2D eigenvalue weighted by Crippen LogP contribution is -2.54. The van der Waals surface area contributed by atoms with Crippen molar-refractivity contribution < 1.29 is 27.1 Å². The molecule has 1 aromatic heterocycles. The number of allylic oxidation sites excluding steroid dienone is 1. The summed E-state index contributed by atoms with van der Waals surface area (Å²) in [6.45, 7) is 5.01. The largest absolute Gasteiger partial charge is 0.490 e. The predicted molar refractivity (Wildman–Crippen MR) is 198 cm³/mol. The summed E-state index contributed by atoms with van der Waals surface area (Å²) in [6.07, 6.45) is 5.49. The molecule has 4 aliphatic rings. The number of nitrogens with one attached hydrogen (secondary N) is 1. The molecule has 1 N–H and O–H groups in total. The molecular weight excluding hydrogens is 723 g/mol. The molecule has 1 saturated heterocycles. The Morgan fingerprint density at radius 3 is 2.77 bits per heavy atom. The number of fused-ring (bicyclic) bond motifs is 4. The zero-order valence-corrected chi connectivity index (χ0v) is 32.0. The lowest BCUT2D eigenvalue weighted by atomic mass is 9.70. The number of rotatable bonds is 3. The molecule has 284 valence electrons. The number of anilines is 1. The van der Waals surface area contributed by atoms with E-state index in [0.717, 1.165) is 31.2 Å². The van der Waals surface area contributed by atoms with Crippen LogP contribution in [-0.2, 0) is 40.2 Å². The lowest BCUT2D eigenvalue weighted by molar-refractivity contribution is -0.135. The van der Waals surface area contributed by atoms with Gasteiger partial charge in [0.1, 0.15) is 17.6 Å². The van der Waals surface area contributed by atoms with Crippen molar-refractivity contribution in [1.82, 2.24) is 34.7 Å². The first-order chi connectivity index (χ1) is 25.2. The smallest absolute Gasteiger partial charge is 0.264 e. The predicted octanol–water partition coefficient (Wildman–Crippen LogP) is 4.17. The first-order valence-electron chi connectivity index (χ1n) is 18.2. The highest BCUT2D eigenvalue weighted by molar-refractivity contribution is 7.90. The molecule has 4 heterocycles. The van der Waals surface area contributed by atoms with Gasteiger partial charge in [-0.15, -0.1) is 10.2 Å². The van der Waals surface area contributed by atoms with Crippen LogP contribution >= 0.6 is 11.6 Å². The Kier molecular flexibility index (Phi) is 10.3. The normalized spacial score (nSPS) is 28.5. The molecule has 0 radical (unpaired) electrons. The van der Waals surface area contributed by atoms with E-state index in [0.29, 0.717) is 54.9 Å². The van der Waals surface area contributed by atoms with E-state index in [4.69, 9.17) is 16.3 Å². The van der Waals surface area contributed by atoms with Crippen molar-refractivity contribution in [3.05, 3.63) is 75.8 Å². The van der Waals surface area contributed by atoms with Gasteiger partial charge in [0, 0.05) is 42.2 Å². The van der Waals surface area contributed by atoms with Crippen LogP contribution in [0, 0.1) is 5.92 Å². The number of carbonyl (C=O) groups excluding carboxylic acids is 2. The van der Waals surface area contributed by atoms with Gasteiger partial charge in [-0.1, -0.05) is 30.7 Å². The summed E-state index contributed by atoms with van der Waals surface area (Å²) in [5, 5.41) is 11.7. The minimum Gasteiger partial charge on any atom is -0.490 e. The maximum atomic E-state index is 16.7. The summed E-state index contributed by atoms with van der Waals surface area (Å²) < 4.78 is 52.6. The fourth-order valence-electron chi connectivity index (χ4n) is 8.40. The van der Waals surface area contributed by atoms with E-state index in [1.165, 1.54) is 28.3 Å². The molecule has 0 unspecified atom stereocenters. The minimum absolute atomic E-state index is 0.0336. The second-order valence-electron chi connectivity index (χ2n) is 15.1. The highest BCUT2D eigenvalue weighted by Gasteiger charge is 2.45. The molecule has 2 amide bonds. The number of ether oxygens (including phenoxy) is 1. The van der Waals surface area contributed by atoms with Crippen molar-refractivity contribution in [3.63, 3.8) is 0 Å². The fraction of sp³-hybridized carbons (Fsp3) is 0.541. The van der Waals surface area contributed by atoms with Gasteiger partial charge in [0.05, 0.1) is 31.1 Å². The second kappa shape index (κ2) is 14.6. The van der Waals surface area contributed by atoms with E-state index < -0.39 is 50.3 Å². The van der Waals surface area contributed by atoms with Crippen LogP contribution in [-0.4, -0.2) is 101 Å². The number of halogens is 2. The number of benzene rings is 2. The average molecular weight is 769 g/mol. The molecule has 3 aliphatic heterocycles. The third kappa shape index (κ3) is 7.39. The van der Waals surface area contributed by atoms with Crippen LogP contribution in [0.2, 0.25) is 5.02 Å². The van der Waals surface area contributed by atoms with E-state index in [-0.39, 0.29) is 24.6 Å². The zero-order chi connectivity index (χ0) is 37.7. The molecule has 53 heavy (non-hydrogen) atoms. The van der Waals surface area contributed by atoms with Crippen LogP contribution in [0.15, 0.2) is 48.3 Å². The van der Waals surface area contributed by atoms with Crippen LogP contribution in [0.3, 0.4) is 0 Å². The van der Waals surface area contributed by atoms with Gasteiger partial charge >= 0.3 is 0 Å².